The molecule has 0 bridgehead atoms. The number of carbonyl (C=O) groups excluding carboxylic acids is 2. The second kappa shape index (κ2) is 13.3. The summed E-state index contributed by atoms with van der Waals surface area (Å²) in [6, 6.07) is 5.24. The summed E-state index contributed by atoms with van der Waals surface area (Å²) in [5.74, 6) is -0.510. The van der Waals surface area contributed by atoms with Crippen LogP contribution < -0.4 is 9.47 Å². The number of carboxylic acids is 1. The Labute approximate surface area is 224 Å². The molecule has 0 aromatic heterocycles. The normalized spacial score (nSPS) is 22.8. The monoisotopic (exact) mass is 531 g/mol. The molecule has 10 heteroatoms. The highest BCUT2D eigenvalue weighted by atomic mass is 16.7. The number of hydrogen-bond donors (Lipinski definition) is 2. The van der Waals surface area contributed by atoms with Crippen LogP contribution in [0.5, 0.6) is 11.5 Å². The number of carboxylic acid groups (broad SMARTS) is 1. The summed E-state index contributed by atoms with van der Waals surface area (Å²) in [5, 5.41) is 19.7. The molecule has 2 fully saturated rings. The van der Waals surface area contributed by atoms with Crippen molar-refractivity contribution in [3.05, 3.63) is 23.8 Å². The lowest BCUT2D eigenvalue weighted by Gasteiger charge is -2.30. The molecule has 3 unspecified atom stereocenters. The van der Waals surface area contributed by atoms with Gasteiger partial charge >= 0.3 is 5.97 Å². The highest BCUT2D eigenvalue weighted by Gasteiger charge is 2.47. The molecule has 2 amide bonds. The van der Waals surface area contributed by atoms with Gasteiger partial charge in [0.05, 0.1) is 12.5 Å². The minimum absolute atomic E-state index is 0.0186. The third kappa shape index (κ3) is 6.58. The zero-order valence-corrected chi connectivity index (χ0v) is 22.3. The van der Waals surface area contributed by atoms with Gasteiger partial charge in [0.25, 0.3) is 0 Å². The summed E-state index contributed by atoms with van der Waals surface area (Å²) in [6.07, 6.45) is 5.06. The number of fused-ring (bicyclic) bond motifs is 1. The number of likely N-dealkylation sites (tertiary alicyclic amines) is 2. The zero-order chi connectivity index (χ0) is 27.1. The third-order valence-electron chi connectivity index (χ3n) is 8.02. The summed E-state index contributed by atoms with van der Waals surface area (Å²) < 4.78 is 11.0. The van der Waals surface area contributed by atoms with E-state index in [1.165, 1.54) is 0 Å². The van der Waals surface area contributed by atoms with Crippen LogP contribution in [0.15, 0.2) is 18.2 Å². The van der Waals surface area contributed by atoms with E-state index in [-0.39, 0.29) is 43.7 Å². The number of benzene rings is 1. The molecule has 2 N–H and O–H groups in total. The van der Waals surface area contributed by atoms with Crippen LogP contribution in [-0.4, -0.2) is 101 Å². The van der Waals surface area contributed by atoms with Crippen molar-refractivity contribution in [2.45, 2.75) is 63.8 Å². The molecule has 1 aromatic carbocycles. The SMILES string of the molecule is CCCCN(CCCO)C(=O)CN1CC(c2ccc3c(c2)OCO3)C(C(=O)O)C1CCCN1CCCC1=O. The Morgan fingerprint density at radius 3 is 2.63 bits per heavy atom. The highest BCUT2D eigenvalue weighted by Crippen LogP contribution is 2.43. The summed E-state index contributed by atoms with van der Waals surface area (Å²) in [5.41, 5.74) is 0.861. The van der Waals surface area contributed by atoms with Gasteiger partial charge in [-0.2, -0.15) is 0 Å². The summed E-state index contributed by atoms with van der Waals surface area (Å²) in [4.78, 5) is 43.9. The molecular weight excluding hydrogens is 490 g/mol. The fourth-order valence-corrected chi connectivity index (χ4v) is 6.01. The first kappa shape index (κ1) is 28.2. The molecule has 1 aromatic rings. The van der Waals surface area contributed by atoms with Crippen molar-refractivity contribution in [3.63, 3.8) is 0 Å². The molecule has 0 saturated carbocycles. The average Bonchev–Trinajstić information content (AvgIpc) is 3.62. The number of unbranched alkanes of at least 4 members (excludes halogenated alkanes) is 1. The number of aliphatic hydroxyl groups excluding tert-OH is 1. The molecule has 3 aliphatic heterocycles. The van der Waals surface area contributed by atoms with Crippen LogP contribution in [0, 0.1) is 5.92 Å². The van der Waals surface area contributed by atoms with Crippen LogP contribution in [0.1, 0.15) is 63.4 Å². The lowest BCUT2D eigenvalue weighted by Crippen LogP contribution is -2.45. The quantitative estimate of drug-likeness (QED) is 0.375. The van der Waals surface area contributed by atoms with Crippen molar-refractivity contribution in [1.82, 2.24) is 14.7 Å². The number of nitrogens with zero attached hydrogens (tertiary/aromatic N) is 3. The van der Waals surface area contributed by atoms with E-state index in [1.54, 1.807) is 4.90 Å². The fourth-order valence-electron chi connectivity index (χ4n) is 6.01. The summed E-state index contributed by atoms with van der Waals surface area (Å²) in [7, 11) is 0. The third-order valence-corrected chi connectivity index (χ3v) is 8.02. The van der Waals surface area contributed by atoms with Gasteiger partial charge in [-0.3, -0.25) is 19.3 Å². The Morgan fingerprint density at radius 2 is 1.92 bits per heavy atom. The first-order valence-electron chi connectivity index (χ1n) is 14.0. The molecule has 3 aliphatic rings. The van der Waals surface area contributed by atoms with Crippen molar-refractivity contribution < 1.29 is 34.1 Å². The van der Waals surface area contributed by atoms with Crippen LogP contribution >= 0.6 is 0 Å². The van der Waals surface area contributed by atoms with Gasteiger partial charge in [0.1, 0.15) is 0 Å². The Bertz CT molecular complexity index is 979. The van der Waals surface area contributed by atoms with Crippen molar-refractivity contribution in [1.29, 1.82) is 0 Å². The number of ether oxygens (including phenoxy) is 2. The molecule has 4 rings (SSSR count). The molecule has 210 valence electrons. The second-order valence-electron chi connectivity index (χ2n) is 10.5. The van der Waals surface area contributed by atoms with Crippen molar-refractivity contribution in [2.24, 2.45) is 5.92 Å². The smallest absolute Gasteiger partial charge is 0.308 e. The number of amides is 2. The minimum Gasteiger partial charge on any atom is -0.481 e. The Balaban J connectivity index is 1.54. The lowest BCUT2D eigenvalue weighted by molar-refractivity contribution is -0.144. The van der Waals surface area contributed by atoms with Crippen LogP contribution in [0.3, 0.4) is 0 Å². The first-order chi connectivity index (χ1) is 18.4. The van der Waals surface area contributed by atoms with Crippen molar-refractivity contribution in [3.8, 4) is 11.5 Å². The molecule has 10 nitrogen and oxygen atoms in total. The Morgan fingerprint density at radius 1 is 1.13 bits per heavy atom. The molecule has 3 atom stereocenters. The van der Waals surface area contributed by atoms with Gasteiger partial charge in [0, 0.05) is 57.7 Å². The molecule has 0 aliphatic carbocycles. The Hall–Kier alpha value is -2.85. The van der Waals surface area contributed by atoms with E-state index < -0.39 is 11.9 Å². The maximum absolute atomic E-state index is 13.4. The van der Waals surface area contributed by atoms with E-state index in [0.29, 0.717) is 63.4 Å². The van der Waals surface area contributed by atoms with Crippen LogP contribution in [0.2, 0.25) is 0 Å². The van der Waals surface area contributed by atoms with Crippen LogP contribution in [0.4, 0.5) is 0 Å². The summed E-state index contributed by atoms with van der Waals surface area (Å²) >= 11 is 0. The minimum atomic E-state index is -0.881. The number of carbonyl (C=O) groups is 3. The molecule has 0 radical (unpaired) electrons. The van der Waals surface area contributed by atoms with Gasteiger partial charge in [-0.15, -0.1) is 0 Å². The molecule has 0 spiro atoms. The zero-order valence-electron chi connectivity index (χ0n) is 22.3. The van der Waals surface area contributed by atoms with E-state index in [4.69, 9.17) is 9.47 Å². The first-order valence-corrected chi connectivity index (χ1v) is 14.0. The van der Waals surface area contributed by atoms with E-state index >= 15 is 0 Å². The van der Waals surface area contributed by atoms with Gasteiger partial charge < -0.3 is 29.5 Å². The standard InChI is InChI=1S/C28H41N3O7/c1-2-3-11-30(14-6-15-32)26(34)18-31-17-21(20-9-10-23-24(16-20)38-19-37-23)27(28(35)36)22(31)7-4-12-29-13-5-8-25(29)33/h9-10,16,21-22,27,32H,2-8,11-15,17-19H2,1H3,(H,35,36). The van der Waals surface area contributed by atoms with Crippen molar-refractivity contribution >= 4 is 17.8 Å². The maximum atomic E-state index is 13.4. The van der Waals surface area contributed by atoms with E-state index in [9.17, 15) is 24.6 Å². The van der Waals surface area contributed by atoms with Crippen LogP contribution in [0.25, 0.3) is 0 Å². The van der Waals surface area contributed by atoms with Crippen LogP contribution in [-0.2, 0) is 14.4 Å². The lowest BCUT2D eigenvalue weighted by atomic mass is 9.83. The predicted octanol–water partition coefficient (Wildman–Crippen LogP) is 2.30. The van der Waals surface area contributed by atoms with E-state index in [1.807, 2.05) is 28.0 Å². The van der Waals surface area contributed by atoms with Crippen molar-refractivity contribution in [2.75, 3.05) is 52.7 Å². The largest absolute Gasteiger partial charge is 0.481 e. The van der Waals surface area contributed by atoms with Gasteiger partial charge in [0.15, 0.2) is 11.5 Å². The predicted molar refractivity (Wildman–Crippen MR) is 140 cm³/mol. The number of aliphatic hydroxyl groups is 1. The van der Waals surface area contributed by atoms with Gasteiger partial charge in [-0.1, -0.05) is 19.4 Å². The number of rotatable bonds is 14. The molecule has 2 saturated heterocycles. The number of hydrogen-bond acceptors (Lipinski definition) is 7. The topological polar surface area (TPSA) is 120 Å². The van der Waals surface area contributed by atoms with Gasteiger partial charge in [-0.05, 0) is 49.8 Å². The maximum Gasteiger partial charge on any atom is 0.308 e. The molecule has 38 heavy (non-hydrogen) atoms. The molecular formula is C28H41N3O7. The van der Waals surface area contributed by atoms with Gasteiger partial charge in [0.2, 0.25) is 18.6 Å². The average molecular weight is 532 g/mol. The van der Waals surface area contributed by atoms with E-state index in [0.717, 1.165) is 31.4 Å². The Kier molecular flexibility index (Phi) is 9.85. The van der Waals surface area contributed by atoms with Gasteiger partial charge in [-0.25, -0.2) is 0 Å². The summed E-state index contributed by atoms with van der Waals surface area (Å²) in [6.45, 7) is 5.28. The second-order valence-corrected chi connectivity index (χ2v) is 10.5. The fraction of sp³-hybridized carbons (Fsp3) is 0.679. The van der Waals surface area contributed by atoms with E-state index in [2.05, 4.69) is 6.92 Å². The number of aliphatic carboxylic acids is 1. The molecule has 3 heterocycles. The highest BCUT2D eigenvalue weighted by molar-refractivity contribution is 5.79.